The van der Waals surface area contributed by atoms with Gasteiger partial charge in [-0.05, 0) is 108 Å². The summed E-state index contributed by atoms with van der Waals surface area (Å²) < 4.78 is 26.9. The van der Waals surface area contributed by atoms with Crippen molar-refractivity contribution in [2.24, 2.45) is 0 Å². The summed E-state index contributed by atoms with van der Waals surface area (Å²) in [6.07, 6.45) is -0.550. The van der Waals surface area contributed by atoms with Gasteiger partial charge in [0.15, 0.2) is 17.3 Å². The molecule has 3 aromatic carbocycles. The first kappa shape index (κ1) is 35.2. The Labute approximate surface area is 285 Å². The third-order valence-corrected chi connectivity index (χ3v) is 7.19. The van der Waals surface area contributed by atoms with Crippen molar-refractivity contribution in [1.29, 1.82) is 0 Å². The van der Waals surface area contributed by atoms with Gasteiger partial charge >= 0.3 is 29.6 Å². The predicted molar refractivity (Wildman–Crippen MR) is 167 cm³/mol. The molecule has 0 spiro atoms. The molecule has 0 fully saturated rings. The summed E-state index contributed by atoms with van der Waals surface area (Å²) in [5.41, 5.74) is 4.28. The third-order valence-electron chi connectivity index (χ3n) is 6.63. The van der Waals surface area contributed by atoms with Crippen molar-refractivity contribution < 1.29 is 58.5 Å². The molecule has 8 nitrogen and oxygen atoms in total. The molecule has 0 unspecified atom stereocenters. The molecule has 0 saturated heterocycles. The summed E-state index contributed by atoms with van der Waals surface area (Å²) in [6.45, 7) is 15.3. The van der Waals surface area contributed by atoms with Crippen LogP contribution in [-0.2, 0) is 11.2 Å². The van der Waals surface area contributed by atoms with E-state index in [1.807, 2.05) is 61.5 Å². The van der Waals surface area contributed by atoms with Crippen LogP contribution >= 0.6 is 11.7 Å². The van der Waals surface area contributed by atoms with Gasteiger partial charge in [-0.15, -0.1) is 0 Å². The number of carboxylic acids is 1. The van der Waals surface area contributed by atoms with Crippen molar-refractivity contribution in [3.8, 4) is 17.2 Å². The number of Topliss-reactive ketones (excluding diaryl/α,β-unsaturated/α-hetero) is 1. The molecule has 1 aromatic heterocycles. The Morgan fingerprint density at radius 2 is 1.32 bits per heavy atom. The molecule has 0 aliphatic carbocycles. The van der Waals surface area contributed by atoms with Crippen molar-refractivity contribution in [2.75, 3.05) is 0 Å². The van der Waals surface area contributed by atoms with Crippen LogP contribution in [0, 0.1) is 13.8 Å². The molecular formula is C34H37N2NaO6S. The van der Waals surface area contributed by atoms with E-state index in [2.05, 4.69) is 8.75 Å². The molecular weight excluding hydrogens is 587 g/mol. The number of aryl methyl sites for hydroxylation is 2. The van der Waals surface area contributed by atoms with Crippen LogP contribution in [0.15, 0.2) is 54.1 Å². The molecule has 0 atom stereocenters. The number of aliphatic carboxylic acids is 1. The quantitative estimate of drug-likeness (QED) is 0.134. The third kappa shape index (κ3) is 8.47. The van der Waals surface area contributed by atoms with Gasteiger partial charge in [0.2, 0.25) is 5.75 Å². The van der Waals surface area contributed by atoms with E-state index in [1.54, 1.807) is 42.5 Å². The molecule has 4 aromatic rings. The van der Waals surface area contributed by atoms with Crippen molar-refractivity contribution >= 4 is 40.1 Å². The number of aromatic nitrogens is 2. The molecule has 44 heavy (non-hydrogen) atoms. The monoisotopic (exact) mass is 624 g/mol. The number of rotatable bonds is 12. The van der Waals surface area contributed by atoms with E-state index in [4.69, 9.17) is 14.2 Å². The van der Waals surface area contributed by atoms with Crippen molar-refractivity contribution in [3.63, 3.8) is 0 Å². The zero-order chi connectivity index (χ0) is 31.4. The standard InChI is InChI=1S/C34H38N2O6S.Na/c1-18(2)40-29-15-23(16-30(41-19(3)4)33(29)42-20(5)6)14-26(32(37)25-10-9-21(7)22(8)13-25)31(34(38)39)24-11-12-27-28(17-24)36-43-35-27;/h9-13,15-20H,14H2,1-8H3,(H,38,39);/q;+1/p-1/b31-26+;. The smallest absolute Gasteiger partial charge is 0.545 e. The van der Waals surface area contributed by atoms with Crippen LogP contribution in [0.4, 0.5) is 0 Å². The zero-order valence-electron chi connectivity index (χ0n) is 26.8. The summed E-state index contributed by atoms with van der Waals surface area (Å²) in [6, 6.07) is 13.8. The second-order valence-electron chi connectivity index (χ2n) is 11.3. The minimum absolute atomic E-state index is 0. The number of nitrogens with zero attached hydrogens (tertiary/aromatic N) is 2. The first-order valence-corrected chi connectivity index (χ1v) is 15.0. The molecule has 0 aliphatic heterocycles. The molecule has 0 radical (unpaired) electrons. The Morgan fingerprint density at radius 1 is 0.750 bits per heavy atom. The fourth-order valence-electron chi connectivity index (χ4n) is 4.66. The number of carbonyl (C=O) groups excluding carboxylic acids is 2. The topological polar surface area (TPSA) is 111 Å². The van der Waals surface area contributed by atoms with Crippen LogP contribution in [0.1, 0.15) is 74.2 Å². The Morgan fingerprint density at radius 3 is 1.86 bits per heavy atom. The van der Waals surface area contributed by atoms with Crippen molar-refractivity contribution in [1.82, 2.24) is 8.75 Å². The van der Waals surface area contributed by atoms with E-state index in [9.17, 15) is 14.7 Å². The van der Waals surface area contributed by atoms with Gasteiger partial charge in [-0.3, -0.25) is 4.79 Å². The minimum atomic E-state index is -1.47. The second-order valence-corrected chi connectivity index (χ2v) is 11.9. The summed E-state index contributed by atoms with van der Waals surface area (Å²) in [5.74, 6) is -0.542. The Hall–Kier alpha value is -3.24. The predicted octanol–water partition coefficient (Wildman–Crippen LogP) is 3.30. The van der Waals surface area contributed by atoms with Crippen LogP contribution < -0.4 is 48.9 Å². The number of carbonyl (C=O) groups is 2. The van der Waals surface area contributed by atoms with Crippen LogP contribution in [0.3, 0.4) is 0 Å². The first-order chi connectivity index (χ1) is 20.3. The maximum absolute atomic E-state index is 14.2. The number of hydrogen-bond acceptors (Lipinski definition) is 9. The van der Waals surface area contributed by atoms with Crippen LogP contribution in [-0.4, -0.2) is 38.8 Å². The number of allylic oxidation sites excluding steroid dienone is 1. The first-order valence-electron chi connectivity index (χ1n) is 14.3. The van der Waals surface area contributed by atoms with E-state index < -0.39 is 11.8 Å². The molecule has 226 valence electrons. The Bertz CT molecular complexity index is 1660. The second kappa shape index (κ2) is 15.2. The molecule has 0 saturated carbocycles. The molecule has 0 N–H and O–H groups in total. The van der Waals surface area contributed by atoms with Crippen LogP contribution in [0.25, 0.3) is 16.6 Å². The van der Waals surface area contributed by atoms with E-state index >= 15 is 0 Å². The molecule has 4 rings (SSSR count). The summed E-state index contributed by atoms with van der Waals surface area (Å²) in [7, 11) is 0. The molecule has 1 heterocycles. The van der Waals surface area contributed by atoms with Gasteiger partial charge in [0.05, 0.1) is 36.0 Å². The van der Waals surface area contributed by atoms with Gasteiger partial charge in [-0.2, -0.15) is 8.75 Å². The fraction of sp³-hybridized carbons (Fsp3) is 0.353. The zero-order valence-corrected chi connectivity index (χ0v) is 29.6. The van der Waals surface area contributed by atoms with Gasteiger partial charge in [-0.25, -0.2) is 0 Å². The molecule has 0 aliphatic rings. The summed E-state index contributed by atoms with van der Waals surface area (Å²) in [4.78, 5) is 27.1. The number of fused-ring (bicyclic) bond motifs is 1. The molecule has 0 amide bonds. The van der Waals surface area contributed by atoms with Crippen LogP contribution in [0.2, 0.25) is 0 Å². The van der Waals surface area contributed by atoms with E-state index in [-0.39, 0.29) is 65.4 Å². The number of hydrogen-bond donors (Lipinski definition) is 0. The number of ether oxygens (including phenoxy) is 3. The maximum atomic E-state index is 14.2. The van der Waals surface area contributed by atoms with Gasteiger partial charge in [0.1, 0.15) is 11.0 Å². The van der Waals surface area contributed by atoms with Gasteiger partial charge < -0.3 is 24.1 Å². The Balaban J connectivity index is 0.00000529. The fourth-order valence-corrected chi connectivity index (χ4v) is 5.18. The maximum Gasteiger partial charge on any atom is 1.00 e. The number of benzene rings is 3. The average molecular weight is 625 g/mol. The van der Waals surface area contributed by atoms with Gasteiger partial charge in [-0.1, -0.05) is 18.2 Å². The van der Waals surface area contributed by atoms with E-state index in [0.717, 1.165) is 22.9 Å². The van der Waals surface area contributed by atoms with Crippen molar-refractivity contribution in [2.45, 2.75) is 80.1 Å². The largest absolute Gasteiger partial charge is 1.00 e. The molecule has 10 heteroatoms. The molecule has 0 bridgehead atoms. The normalized spacial score (nSPS) is 11.9. The van der Waals surface area contributed by atoms with Gasteiger partial charge in [0, 0.05) is 23.1 Å². The number of ketones is 1. The number of carboxylic acid groups (broad SMARTS) is 1. The van der Waals surface area contributed by atoms with Gasteiger partial charge in [0.25, 0.3) is 0 Å². The Kier molecular flexibility index (Phi) is 12.1. The summed E-state index contributed by atoms with van der Waals surface area (Å²) in [5, 5.41) is 12.8. The SMILES string of the molecule is Cc1ccc(C(=O)/C(Cc2cc(OC(C)C)c(OC(C)C)c(OC(C)C)c2)=C(/C(=O)[O-])c2ccc3nsnc3c2)cc1C.[Na+]. The minimum Gasteiger partial charge on any atom is -0.545 e. The van der Waals surface area contributed by atoms with E-state index in [0.29, 0.717) is 45.0 Å². The summed E-state index contributed by atoms with van der Waals surface area (Å²) >= 11 is 1.03. The van der Waals surface area contributed by atoms with E-state index in [1.165, 1.54) is 0 Å². The van der Waals surface area contributed by atoms with Crippen molar-refractivity contribution in [3.05, 3.63) is 81.9 Å². The van der Waals surface area contributed by atoms with Crippen LogP contribution in [0.5, 0.6) is 17.2 Å². The average Bonchev–Trinajstić information content (AvgIpc) is 3.38.